The number of amides is 1. The summed E-state index contributed by atoms with van der Waals surface area (Å²) < 4.78 is 43.1. The van der Waals surface area contributed by atoms with Crippen LogP contribution >= 0.6 is 0 Å². The van der Waals surface area contributed by atoms with Crippen LogP contribution in [0.15, 0.2) is 30.3 Å². The van der Waals surface area contributed by atoms with Crippen molar-refractivity contribution in [3.63, 3.8) is 0 Å². The van der Waals surface area contributed by atoms with Gasteiger partial charge < -0.3 is 15.8 Å². The molecule has 1 amide bonds. The maximum absolute atomic E-state index is 12.6. The second kappa shape index (κ2) is 7.46. The number of halogens is 3. The van der Waals surface area contributed by atoms with Crippen molar-refractivity contribution in [1.82, 2.24) is 10.2 Å². The van der Waals surface area contributed by atoms with E-state index in [4.69, 9.17) is 10.5 Å². The lowest BCUT2D eigenvalue weighted by Gasteiger charge is -2.20. The van der Waals surface area contributed by atoms with Gasteiger partial charge in [0.25, 0.3) is 0 Å². The van der Waals surface area contributed by atoms with E-state index < -0.39 is 23.7 Å². The van der Waals surface area contributed by atoms with E-state index in [1.165, 1.54) is 12.1 Å². The number of aromatic amines is 1. The van der Waals surface area contributed by atoms with Gasteiger partial charge in [0.15, 0.2) is 5.82 Å². The van der Waals surface area contributed by atoms with Crippen molar-refractivity contribution in [2.75, 3.05) is 18.5 Å². The molecule has 26 heavy (non-hydrogen) atoms. The van der Waals surface area contributed by atoms with Gasteiger partial charge in [-0.2, -0.15) is 18.3 Å². The van der Waals surface area contributed by atoms with Crippen molar-refractivity contribution in [3.8, 4) is 0 Å². The van der Waals surface area contributed by atoms with E-state index in [1.807, 2.05) is 0 Å². The van der Waals surface area contributed by atoms with Crippen LogP contribution in [0.25, 0.3) is 0 Å². The number of hydrogen-bond donors (Lipinski definition) is 3. The summed E-state index contributed by atoms with van der Waals surface area (Å²) in [6, 6.07) is 4.85. The van der Waals surface area contributed by atoms with E-state index in [0.29, 0.717) is 24.9 Å². The lowest BCUT2D eigenvalue weighted by atomic mass is 9.97. The monoisotopic (exact) mass is 368 g/mol. The zero-order valence-corrected chi connectivity index (χ0v) is 13.8. The first-order chi connectivity index (χ1) is 12.3. The Morgan fingerprint density at radius 2 is 1.92 bits per heavy atom. The Balaban J connectivity index is 1.63. The van der Waals surface area contributed by atoms with E-state index >= 15 is 0 Å². The van der Waals surface area contributed by atoms with Crippen LogP contribution in [-0.2, 0) is 15.7 Å². The van der Waals surface area contributed by atoms with Crippen LogP contribution in [0, 0.1) is 0 Å². The third-order valence-electron chi connectivity index (χ3n) is 4.39. The first-order valence-electron chi connectivity index (χ1n) is 8.21. The molecular formula is C17H19F3N4O2. The van der Waals surface area contributed by atoms with E-state index in [0.717, 1.165) is 30.7 Å². The molecule has 140 valence electrons. The summed E-state index contributed by atoms with van der Waals surface area (Å²) in [6.07, 6.45) is -2.68. The Bertz CT molecular complexity index is 752. The van der Waals surface area contributed by atoms with Gasteiger partial charge in [0.2, 0.25) is 5.91 Å². The molecule has 2 heterocycles. The number of H-pyrrole nitrogens is 1. The van der Waals surface area contributed by atoms with Gasteiger partial charge in [-0.15, -0.1) is 0 Å². The van der Waals surface area contributed by atoms with Crippen molar-refractivity contribution < 1.29 is 22.7 Å². The summed E-state index contributed by atoms with van der Waals surface area (Å²) in [7, 11) is 0. The lowest BCUT2D eigenvalue weighted by Crippen LogP contribution is -2.28. The quantitative estimate of drug-likeness (QED) is 0.774. The number of nitrogens with one attached hydrogen (secondary N) is 2. The zero-order valence-electron chi connectivity index (χ0n) is 13.8. The predicted molar refractivity (Wildman–Crippen MR) is 88.4 cm³/mol. The van der Waals surface area contributed by atoms with Gasteiger partial charge in [-0.1, -0.05) is 12.1 Å². The lowest BCUT2D eigenvalue weighted by molar-refractivity contribution is -0.137. The van der Waals surface area contributed by atoms with Crippen LogP contribution in [0.2, 0.25) is 0 Å². The number of nitrogens with two attached hydrogens (primary N) is 1. The first kappa shape index (κ1) is 18.4. The molecule has 1 aliphatic heterocycles. The summed E-state index contributed by atoms with van der Waals surface area (Å²) in [5.41, 5.74) is 6.25. The van der Waals surface area contributed by atoms with E-state index in [2.05, 4.69) is 15.5 Å². The molecule has 1 atom stereocenters. The molecular weight excluding hydrogens is 349 g/mol. The van der Waals surface area contributed by atoms with Crippen molar-refractivity contribution in [2.24, 2.45) is 5.73 Å². The number of nitrogens with zero attached hydrogens (tertiary/aromatic N) is 1. The summed E-state index contributed by atoms with van der Waals surface area (Å²) in [5.74, 6) is 0.0825. The number of carbonyl (C=O) groups is 1. The molecule has 3 rings (SSSR count). The molecule has 0 bridgehead atoms. The number of anilines is 1. The Morgan fingerprint density at radius 3 is 2.54 bits per heavy atom. The molecule has 1 aliphatic rings. The van der Waals surface area contributed by atoms with Crippen molar-refractivity contribution in [1.29, 1.82) is 0 Å². The normalized spacial score (nSPS) is 17.1. The largest absolute Gasteiger partial charge is 0.416 e. The van der Waals surface area contributed by atoms with Crippen LogP contribution in [0.1, 0.15) is 41.6 Å². The minimum Gasteiger partial charge on any atom is -0.381 e. The van der Waals surface area contributed by atoms with Crippen molar-refractivity contribution >= 4 is 11.7 Å². The highest BCUT2D eigenvalue weighted by Gasteiger charge is 2.30. The second-order valence-corrected chi connectivity index (χ2v) is 6.18. The highest BCUT2D eigenvalue weighted by molar-refractivity contribution is 5.94. The Kier molecular flexibility index (Phi) is 5.28. The SMILES string of the molecule is NC(C(=O)Nc1cc(C2CCOCC2)[nH]n1)c1ccc(C(F)(F)F)cc1. The van der Waals surface area contributed by atoms with Gasteiger partial charge in [-0.25, -0.2) is 0 Å². The molecule has 1 aromatic carbocycles. The second-order valence-electron chi connectivity index (χ2n) is 6.18. The topological polar surface area (TPSA) is 93.0 Å². The van der Waals surface area contributed by atoms with Crippen molar-refractivity contribution in [3.05, 3.63) is 47.2 Å². The van der Waals surface area contributed by atoms with Gasteiger partial charge in [0.1, 0.15) is 6.04 Å². The maximum Gasteiger partial charge on any atom is 0.416 e. The molecule has 0 radical (unpaired) electrons. The number of aromatic nitrogens is 2. The molecule has 0 aliphatic carbocycles. The molecule has 1 aromatic heterocycles. The fourth-order valence-electron chi connectivity index (χ4n) is 2.85. The Labute approximate surface area is 147 Å². The standard InChI is InChI=1S/C17H19F3N4O2/c18-17(19,20)12-3-1-11(2-4-12)15(21)16(25)22-14-9-13(23-24-14)10-5-7-26-8-6-10/h1-4,9-10,15H,5-8,21H2,(H2,22,23,24,25). The molecule has 9 heteroatoms. The van der Waals surface area contributed by atoms with E-state index in [1.54, 1.807) is 6.07 Å². The van der Waals surface area contributed by atoms with Gasteiger partial charge in [-0.3, -0.25) is 9.89 Å². The first-order valence-corrected chi connectivity index (χ1v) is 8.21. The number of carbonyl (C=O) groups excluding carboxylic acids is 1. The highest BCUT2D eigenvalue weighted by atomic mass is 19.4. The molecule has 1 fully saturated rings. The molecule has 4 N–H and O–H groups in total. The van der Waals surface area contributed by atoms with Crippen LogP contribution in [0.4, 0.5) is 19.0 Å². The van der Waals surface area contributed by atoms with Gasteiger partial charge in [0.05, 0.1) is 5.56 Å². The number of hydrogen-bond acceptors (Lipinski definition) is 4. The number of alkyl halides is 3. The summed E-state index contributed by atoms with van der Waals surface area (Å²) in [5, 5.41) is 9.53. The minimum atomic E-state index is -4.43. The predicted octanol–water partition coefficient (Wildman–Crippen LogP) is 2.96. The molecule has 0 saturated carbocycles. The molecule has 6 nitrogen and oxygen atoms in total. The fraction of sp³-hybridized carbons (Fsp3) is 0.412. The molecule has 2 aromatic rings. The molecule has 1 unspecified atom stereocenters. The third-order valence-corrected chi connectivity index (χ3v) is 4.39. The average molecular weight is 368 g/mol. The smallest absolute Gasteiger partial charge is 0.381 e. The Morgan fingerprint density at radius 1 is 1.27 bits per heavy atom. The van der Waals surface area contributed by atoms with E-state index in [9.17, 15) is 18.0 Å². The summed E-state index contributed by atoms with van der Waals surface area (Å²) in [4.78, 5) is 12.2. The summed E-state index contributed by atoms with van der Waals surface area (Å²) >= 11 is 0. The highest BCUT2D eigenvalue weighted by Crippen LogP contribution is 2.30. The minimum absolute atomic E-state index is 0.288. The average Bonchev–Trinajstić information content (AvgIpc) is 3.09. The van der Waals surface area contributed by atoms with Crippen LogP contribution in [0.5, 0.6) is 0 Å². The Hall–Kier alpha value is -2.39. The van der Waals surface area contributed by atoms with Crippen LogP contribution in [-0.4, -0.2) is 29.3 Å². The molecule has 0 spiro atoms. The van der Waals surface area contributed by atoms with Gasteiger partial charge in [0, 0.05) is 30.9 Å². The number of benzene rings is 1. The van der Waals surface area contributed by atoms with Crippen LogP contribution < -0.4 is 11.1 Å². The fourth-order valence-corrected chi connectivity index (χ4v) is 2.85. The van der Waals surface area contributed by atoms with Gasteiger partial charge in [-0.05, 0) is 30.5 Å². The summed E-state index contributed by atoms with van der Waals surface area (Å²) in [6.45, 7) is 1.37. The maximum atomic E-state index is 12.6. The number of rotatable bonds is 4. The van der Waals surface area contributed by atoms with Crippen molar-refractivity contribution in [2.45, 2.75) is 31.0 Å². The zero-order chi connectivity index (χ0) is 18.7. The van der Waals surface area contributed by atoms with E-state index in [-0.39, 0.29) is 5.56 Å². The molecule has 1 saturated heterocycles. The van der Waals surface area contributed by atoms with Crippen LogP contribution in [0.3, 0.4) is 0 Å². The third kappa shape index (κ3) is 4.23. The number of ether oxygens (including phenoxy) is 1. The van der Waals surface area contributed by atoms with Gasteiger partial charge >= 0.3 is 6.18 Å².